The van der Waals surface area contributed by atoms with Crippen LogP contribution in [0.4, 0.5) is 35.2 Å². The van der Waals surface area contributed by atoms with E-state index in [9.17, 15) is 43.5 Å². The number of carboxylic acids is 1. The van der Waals surface area contributed by atoms with Crippen molar-refractivity contribution >= 4 is 82.5 Å². The highest BCUT2D eigenvalue weighted by Crippen LogP contribution is 2.29. The molecule has 0 spiro atoms. The topological polar surface area (TPSA) is 419 Å². The second-order valence-corrected chi connectivity index (χ2v) is 20.8. The molecule has 0 unspecified atom stereocenters. The van der Waals surface area contributed by atoms with Crippen molar-refractivity contribution in [2.75, 3.05) is 95.2 Å². The first-order valence-corrected chi connectivity index (χ1v) is 30.7. The summed E-state index contributed by atoms with van der Waals surface area (Å²) in [6, 6.07) is 22.3. The zero-order valence-electron chi connectivity index (χ0n) is 53.2. The van der Waals surface area contributed by atoms with Crippen molar-refractivity contribution in [3.8, 4) is 35.0 Å². The van der Waals surface area contributed by atoms with Crippen molar-refractivity contribution < 1.29 is 76.6 Å². The number of likely N-dealkylation sites (N-methyl/N-ethyl adjacent to an activating group) is 2. The van der Waals surface area contributed by atoms with E-state index in [1.165, 1.54) is 26.2 Å². The summed E-state index contributed by atoms with van der Waals surface area (Å²) in [5.41, 5.74) is 3.15. The summed E-state index contributed by atoms with van der Waals surface area (Å²) in [6.45, 7) is 6.02. The normalized spacial score (nSPS) is 13.9. The molecule has 10 rings (SSSR count). The van der Waals surface area contributed by atoms with Crippen molar-refractivity contribution in [2.24, 2.45) is 0 Å². The third-order valence-electron chi connectivity index (χ3n) is 13.8. The van der Waals surface area contributed by atoms with Crippen LogP contribution in [0.2, 0.25) is 0 Å². The monoisotopic (exact) mass is 1310 g/mol. The van der Waals surface area contributed by atoms with E-state index in [0.29, 0.717) is 70.3 Å². The summed E-state index contributed by atoms with van der Waals surface area (Å²) in [6.07, 6.45) is 6.68. The molecule has 0 saturated carbocycles. The van der Waals surface area contributed by atoms with Crippen molar-refractivity contribution in [3.05, 3.63) is 107 Å². The average Bonchev–Trinajstić information content (AvgIpc) is 0.936. The molecule has 32 heteroatoms. The number of hydrogen-bond donors (Lipinski definition) is 11. The molecule has 4 aromatic carbocycles. The zero-order chi connectivity index (χ0) is 67.9. The van der Waals surface area contributed by atoms with Gasteiger partial charge in [0.05, 0.1) is 57.9 Å². The smallest absolute Gasteiger partial charge is 0.330 e. The number of rotatable bonds is 14. The predicted molar refractivity (Wildman–Crippen MR) is 344 cm³/mol. The number of nitrogens with one attached hydrogen (secondary N) is 10. The highest BCUT2D eigenvalue weighted by Gasteiger charge is 2.28. The lowest BCUT2D eigenvalue weighted by Crippen LogP contribution is -2.51. The van der Waals surface area contributed by atoms with Crippen LogP contribution in [0, 0.1) is 0 Å². The first-order chi connectivity index (χ1) is 46.0. The average molecular weight is 1320 g/mol. The Labute approximate surface area is 546 Å². The number of esters is 1. The van der Waals surface area contributed by atoms with E-state index in [0.717, 1.165) is 68.3 Å². The van der Waals surface area contributed by atoms with Crippen molar-refractivity contribution in [2.45, 2.75) is 90.4 Å². The molecule has 32 nitrogen and oxygen atoms in total. The maximum Gasteiger partial charge on any atom is 0.330 e. The number of methoxy groups -OCH3 is 1. The van der Waals surface area contributed by atoms with Gasteiger partial charge in [0, 0.05) is 63.8 Å². The highest BCUT2D eigenvalue weighted by molar-refractivity contribution is 6.35. The van der Waals surface area contributed by atoms with E-state index in [1.807, 2.05) is 62.4 Å². The fraction of sp³-hybridized carbons (Fsp3) is 0.397. The molecule has 506 valence electrons. The summed E-state index contributed by atoms with van der Waals surface area (Å²) in [4.78, 5) is 124. The number of hydrogen-bond acceptors (Lipinski definition) is 25. The number of benzene rings is 4. The quantitative estimate of drug-likeness (QED) is 0.0540. The van der Waals surface area contributed by atoms with Crippen LogP contribution in [0.5, 0.6) is 35.0 Å². The van der Waals surface area contributed by atoms with Crippen molar-refractivity contribution in [3.63, 3.8) is 0 Å². The summed E-state index contributed by atoms with van der Waals surface area (Å²) >= 11 is 0. The number of aromatic nitrogens is 6. The lowest BCUT2D eigenvalue weighted by Gasteiger charge is -2.19. The zero-order valence-corrected chi connectivity index (χ0v) is 53.2. The van der Waals surface area contributed by atoms with Crippen LogP contribution in [0.25, 0.3) is 0 Å². The van der Waals surface area contributed by atoms with E-state index in [-0.39, 0.29) is 71.6 Å². The molecule has 95 heavy (non-hydrogen) atoms. The van der Waals surface area contributed by atoms with Gasteiger partial charge in [-0.05, 0) is 125 Å². The highest BCUT2D eigenvalue weighted by atomic mass is 16.5. The molecule has 0 fully saturated rings. The van der Waals surface area contributed by atoms with Gasteiger partial charge in [0.2, 0.25) is 23.8 Å². The van der Waals surface area contributed by atoms with Crippen LogP contribution in [0.3, 0.4) is 0 Å². The first kappa shape index (κ1) is 71.1. The van der Waals surface area contributed by atoms with Crippen LogP contribution >= 0.6 is 0 Å². The Morgan fingerprint density at radius 3 is 1.27 bits per heavy atom. The van der Waals surface area contributed by atoms with E-state index in [4.69, 9.17) is 33.2 Å². The Balaban J connectivity index is 0.000000269. The molecule has 0 radical (unpaired) electrons. The molecule has 6 heterocycles. The van der Waals surface area contributed by atoms with Gasteiger partial charge in [0.1, 0.15) is 35.1 Å². The molecule has 2 aromatic heterocycles. The number of fused-ring (bicyclic) bond motifs is 20. The summed E-state index contributed by atoms with van der Waals surface area (Å²) in [5.74, 6) is -4.62. The molecular formula is C63H78N16O16. The minimum Gasteiger partial charge on any atom is -0.494 e. The Bertz CT molecular complexity index is 3590. The molecule has 4 aliphatic heterocycles. The molecule has 4 aliphatic rings. The third-order valence-corrected chi connectivity index (χ3v) is 13.8. The van der Waals surface area contributed by atoms with Gasteiger partial charge in [-0.2, -0.15) is 29.9 Å². The molecule has 0 aliphatic carbocycles. The van der Waals surface area contributed by atoms with Gasteiger partial charge in [0.15, 0.2) is 0 Å². The fourth-order valence-corrected chi connectivity index (χ4v) is 8.86. The van der Waals surface area contributed by atoms with Crippen LogP contribution in [-0.2, 0) is 46.6 Å². The number of amides is 6. The second-order valence-electron chi connectivity index (χ2n) is 20.8. The number of carbonyl (C=O) groups is 8. The minimum atomic E-state index is -1.52. The van der Waals surface area contributed by atoms with Gasteiger partial charge in [0.25, 0.3) is 11.8 Å². The standard InChI is InChI=1S/C32H40N8O8.C31H38N8O8/c1-4-46-32-39-30-35-18-20-9-12-22(13-10-20)47-15-7-5-6-8-16-48-25-17-21(36-31(38-30)40-32)11-14-23(25)26(41)37-24(29(44)45-3)19-34-28(43)27(42)33-2;1-3-45-31-38-29-34-17-19-8-11-21(12-9-19)46-14-6-4-5-7-15-47-24-16-20(35-30(37-29)39-31)10-13-22(24)25(40)36-23(28(43)44)18-33-27(42)26(41)32-2/h9-14,17,24H,4-8,15-16,18-19H2,1-3H3,(H,33,42)(H,34,43)(H,37,41)(H2,35,36,38,39,40);8-13,16,23H,3-7,14-15,17-18H2,1-2H3,(H,32,41)(H,33,42)(H,36,40)(H,43,44)(H2,34,35,37,38,39)/t24-;23-/m00/s1. The minimum absolute atomic E-state index is 0.0590. The van der Waals surface area contributed by atoms with Crippen molar-refractivity contribution in [1.82, 2.24) is 61.8 Å². The van der Waals surface area contributed by atoms with Crippen LogP contribution in [-0.4, -0.2) is 168 Å². The largest absolute Gasteiger partial charge is 0.494 e. The molecule has 11 N–H and O–H groups in total. The third kappa shape index (κ3) is 23.1. The molecule has 0 saturated heterocycles. The Kier molecular flexibility index (Phi) is 27.9. The van der Waals surface area contributed by atoms with Gasteiger partial charge in [-0.1, -0.05) is 24.3 Å². The number of carbonyl (C=O) groups excluding carboxylic acids is 7. The van der Waals surface area contributed by atoms with Crippen LogP contribution in [0.1, 0.15) is 97.1 Å². The van der Waals surface area contributed by atoms with E-state index in [1.54, 1.807) is 24.3 Å². The summed E-state index contributed by atoms with van der Waals surface area (Å²) < 4.78 is 39.7. The van der Waals surface area contributed by atoms with Gasteiger partial charge in [-0.3, -0.25) is 28.8 Å². The van der Waals surface area contributed by atoms with E-state index >= 15 is 0 Å². The van der Waals surface area contributed by atoms with Crippen molar-refractivity contribution in [1.29, 1.82) is 0 Å². The number of anilines is 6. The Morgan fingerprint density at radius 2 is 0.884 bits per heavy atom. The number of aliphatic carboxylic acids is 1. The molecule has 6 aromatic rings. The maximum absolute atomic E-state index is 13.5. The van der Waals surface area contributed by atoms with Gasteiger partial charge < -0.3 is 91.4 Å². The molecular weight excluding hydrogens is 1240 g/mol. The van der Waals surface area contributed by atoms with Gasteiger partial charge in [-0.25, -0.2) is 9.59 Å². The van der Waals surface area contributed by atoms with Crippen LogP contribution < -0.4 is 81.6 Å². The molecule has 6 amide bonds. The van der Waals surface area contributed by atoms with Gasteiger partial charge in [-0.15, -0.1) is 0 Å². The fourth-order valence-electron chi connectivity index (χ4n) is 8.86. The number of nitrogens with zero attached hydrogens (tertiary/aromatic N) is 6. The molecule has 2 atom stereocenters. The maximum atomic E-state index is 13.5. The summed E-state index contributed by atoms with van der Waals surface area (Å²) in [5, 5.41) is 36.0. The molecule has 12 bridgehead atoms. The predicted octanol–water partition coefficient (Wildman–Crippen LogP) is 4.09. The Hall–Kier alpha value is -11.3. The lowest BCUT2D eigenvalue weighted by atomic mass is 10.1. The summed E-state index contributed by atoms with van der Waals surface area (Å²) in [7, 11) is 3.70. The SMILES string of the molecule is CCOc1nc2nc(n1)Nc1ccc(C(=O)N[C@@H](CNC(=O)C(=O)NC)C(=O)O)c(c1)OCCCCCCOc1ccc(cc1)CN2.CCOc1nc2nc(n1)Nc1ccc(C(=O)N[C@@H](CNC(=O)C(=O)NC)C(=O)OC)c(c1)OCCCCCCOc1ccc(cc1)CN2. The van der Waals surface area contributed by atoms with E-state index in [2.05, 4.69) is 83.1 Å². The number of carboxylic acid groups (broad SMARTS) is 1. The Morgan fingerprint density at radius 1 is 0.495 bits per heavy atom. The van der Waals surface area contributed by atoms with Crippen LogP contribution in [0.15, 0.2) is 84.9 Å². The number of ether oxygens (including phenoxy) is 7. The van der Waals surface area contributed by atoms with Gasteiger partial charge >= 0.3 is 47.6 Å². The van der Waals surface area contributed by atoms with E-state index < -0.39 is 66.0 Å². The first-order valence-electron chi connectivity index (χ1n) is 30.7. The lowest BCUT2D eigenvalue weighted by molar-refractivity contribution is -0.143. The second kappa shape index (κ2) is 37.2.